The standard InChI is InChI=1S/C10H15NOS/c12-10(9-5-3-7-13-9)8-4-1-2-6-11-8/h3,5,7-8,10-12H,1-2,4,6H2. The first-order valence-electron chi connectivity index (χ1n) is 4.83. The van der Waals surface area contributed by atoms with Crippen LogP contribution in [-0.4, -0.2) is 17.7 Å². The molecule has 1 aliphatic rings. The van der Waals surface area contributed by atoms with E-state index in [0.717, 1.165) is 17.8 Å². The van der Waals surface area contributed by atoms with Crippen molar-refractivity contribution < 1.29 is 5.11 Å². The molecule has 1 aromatic rings. The minimum absolute atomic E-state index is 0.271. The summed E-state index contributed by atoms with van der Waals surface area (Å²) in [6.07, 6.45) is 3.27. The molecule has 2 unspecified atom stereocenters. The summed E-state index contributed by atoms with van der Waals surface area (Å²) < 4.78 is 0. The van der Waals surface area contributed by atoms with Crippen LogP contribution in [0.4, 0.5) is 0 Å². The van der Waals surface area contributed by atoms with Gasteiger partial charge in [-0.05, 0) is 30.8 Å². The molecule has 3 heteroatoms. The maximum absolute atomic E-state index is 9.98. The number of nitrogens with one attached hydrogen (secondary N) is 1. The van der Waals surface area contributed by atoms with Gasteiger partial charge in [-0.15, -0.1) is 11.3 Å². The van der Waals surface area contributed by atoms with Crippen molar-refractivity contribution in [1.82, 2.24) is 5.32 Å². The topological polar surface area (TPSA) is 32.3 Å². The van der Waals surface area contributed by atoms with Gasteiger partial charge in [0.25, 0.3) is 0 Å². The number of hydrogen-bond donors (Lipinski definition) is 2. The van der Waals surface area contributed by atoms with Crippen molar-refractivity contribution in [3.05, 3.63) is 22.4 Å². The van der Waals surface area contributed by atoms with Crippen LogP contribution in [0, 0.1) is 0 Å². The molecule has 1 fully saturated rings. The predicted molar refractivity (Wildman–Crippen MR) is 54.9 cm³/mol. The van der Waals surface area contributed by atoms with Crippen molar-refractivity contribution in [2.45, 2.75) is 31.4 Å². The smallest absolute Gasteiger partial charge is 0.103 e. The van der Waals surface area contributed by atoms with Gasteiger partial charge in [0.2, 0.25) is 0 Å². The van der Waals surface area contributed by atoms with E-state index in [1.807, 2.05) is 17.5 Å². The highest BCUT2D eigenvalue weighted by atomic mass is 32.1. The molecule has 13 heavy (non-hydrogen) atoms. The zero-order valence-corrected chi connectivity index (χ0v) is 8.39. The Labute approximate surface area is 82.6 Å². The lowest BCUT2D eigenvalue weighted by Crippen LogP contribution is -2.38. The monoisotopic (exact) mass is 197 g/mol. The molecule has 1 aliphatic heterocycles. The summed E-state index contributed by atoms with van der Waals surface area (Å²) in [5, 5.41) is 15.4. The second-order valence-electron chi connectivity index (χ2n) is 3.52. The van der Waals surface area contributed by atoms with E-state index in [4.69, 9.17) is 0 Å². The minimum Gasteiger partial charge on any atom is -0.386 e. The van der Waals surface area contributed by atoms with Gasteiger partial charge in [-0.3, -0.25) is 0 Å². The van der Waals surface area contributed by atoms with E-state index >= 15 is 0 Å². The van der Waals surface area contributed by atoms with E-state index in [0.29, 0.717) is 0 Å². The van der Waals surface area contributed by atoms with Gasteiger partial charge in [-0.2, -0.15) is 0 Å². The molecule has 2 atom stereocenters. The number of rotatable bonds is 2. The van der Waals surface area contributed by atoms with E-state index in [9.17, 15) is 5.11 Å². The van der Waals surface area contributed by atoms with Crippen LogP contribution in [0.2, 0.25) is 0 Å². The fourth-order valence-corrected chi connectivity index (χ4v) is 2.58. The van der Waals surface area contributed by atoms with Crippen LogP contribution in [0.3, 0.4) is 0 Å². The normalized spacial score (nSPS) is 25.8. The summed E-state index contributed by atoms with van der Waals surface area (Å²) in [6.45, 7) is 1.05. The predicted octanol–water partition coefficient (Wildman–Crippen LogP) is 1.92. The summed E-state index contributed by atoms with van der Waals surface area (Å²) in [5.41, 5.74) is 0. The zero-order chi connectivity index (χ0) is 9.10. The number of thiophene rings is 1. The molecule has 72 valence electrons. The van der Waals surface area contributed by atoms with Gasteiger partial charge in [0, 0.05) is 10.9 Å². The quantitative estimate of drug-likeness (QED) is 0.759. The highest BCUT2D eigenvalue weighted by Gasteiger charge is 2.22. The Bertz CT molecular complexity index is 241. The van der Waals surface area contributed by atoms with Crippen molar-refractivity contribution in [2.24, 2.45) is 0 Å². The summed E-state index contributed by atoms with van der Waals surface area (Å²) in [7, 11) is 0. The largest absolute Gasteiger partial charge is 0.386 e. The van der Waals surface area contributed by atoms with E-state index < -0.39 is 0 Å². The lowest BCUT2D eigenvalue weighted by Gasteiger charge is -2.27. The minimum atomic E-state index is -0.305. The molecule has 0 aliphatic carbocycles. The Balaban J connectivity index is 1.99. The van der Waals surface area contributed by atoms with Gasteiger partial charge in [-0.25, -0.2) is 0 Å². The van der Waals surface area contributed by atoms with Crippen molar-refractivity contribution in [2.75, 3.05) is 6.54 Å². The molecule has 2 rings (SSSR count). The average molecular weight is 197 g/mol. The Morgan fingerprint density at radius 2 is 2.46 bits per heavy atom. The lowest BCUT2D eigenvalue weighted by atomic mass is 9.99. The highest BCUT2D eigenvalue weighted by Crippen LogP contribution is 2.25. The number of piperidine rings is 1. The summed E-state index contributed by atoms with van der Waals surface area (Å²) >= 11 is 1.63. The summed E-state index contributed by atoms with van der Waals surface area (Å²) in [4.78, 5) is 1.08. The van der Waals surface area contributed by atoms with Gasteiger partial charge in [0.05, 0.1) is 0 Å². The summed E-state index contributed by atoms with van der Waals surface area (Å²) in [5.74, 6) is 0. The molecular weight excluding hydrogens is 182 g/mol. The van der Waals surface area contributed by atoms with Gasteiger partial charge in [0.15, 0.2) is 0 Å². The van der Waals surface area contributed by atoms with Crippen LogP contribution in [0.15, 0.2) is 17.5 Å². The molecule has 0 spiro atoms. The lowest BCUT2D eigenvalue weighted by molar-refractivity contribution is 0.117. The molecule has 0 aromatic carbocycles. The van der Waals surface area contributed by atoms with Crippen molar-refractivity contribution >= 4 is 11.3 Å². The van der Waals surface area contributed by atoms with Gasteiger partial charge < -0.3 is 10.4 Å². The molecule has 0 radical (unpaired) electrons. The van der Waals surface area contributed by atoms with E-state index in [-0.39, 0.29) is 12.1 Å². The number of hydrogen-bond acceptors (Lipinski definition) is 3. The number of aliphatic hydroxyl groups excluding tert-OH is 1. The van der Waals surface area contributed by atoms with E-state index in [2.05, 4.69) is 5.32 Å². The first-order chi connectivity index (χ1) is 6.38. The van der Waals surface area contributed by atoms with E-state index in [1.54, 1.807) is 11.3 Å². The van der Waals surface area contributed by atoms with E-state index in [1.165, 1.54) is 12.8 Å². The highest BCUT2D eigenvalue weighted by molar-refractivity contribution is 7.10. The third-order valence-electron chi connectivity index (χ3n) is 2.56. The molecule has 0 amide bonds. The fourth-order valence-electron chi connectivity index (χ4n) is 1.81. The van der Waals surface area contributed by atoms with Gasteiger partial charge >= 0.3 is 0 Å². The van der Waals surface area contributed by atoms with Crippen LogP contribution >= 0.6 is 11.3 Å². The maximum Gasteiger partial charge on any atom is 0.103 e. The van der Waals surface area contributed by atoms with Crippen LogP contribution < -0.4 is 5.32 Å². The Hall–Kier alpha value is -0.380. The molecule has 2 N–H and O–H groups in total. The third-order valence-corrected chi connectivity index (χ3v) is 3.51. The fraction of sp³-hybridized carbons (Fsp3) is 0.600. The SMILES string of the molecule is OC(c1cccs1)C1CCCCN1. The van der Waals surface area contributed by atoms with Crippen molar-refractivity contribution in [3.8, 4) is 0 Å². The molecule has 2 heterocycles. The van der Waals surface area contributed by atoms with Crippen molar-refractivity contribution in [3.63, 3.8) is 0 Å². The second kappa shape index (κ2) is 4.22. The van der Waals surface area contributed by atoms with Crippen LogP contribution in [-0.2, 0) is 0 Å². The average Bonchev–Trinajstić information content (AvgIpc) is 2.71. The van der Waals surface area contributed by atoms with Crippen molar-refractivity contribution in [1.29, 1.82) is 0 Å². The first-order valence-corrected chi connectivity index (χ1v) is 5.71. The molecular formula is C10H15NOS. The Kier molecular flexibility index (Phi) is 2.98. The third kappa shape index (κ3) is 2.10. The second-order valence-corrected chi connectivity index (χ2v) is 4.50. The first kappa shape index (κ1) is 9.19. The molecule has 1 saturated heterocycles. The molecule has 0 saturated carbocycles. The maximum atomic E-state index is 9.98. The Morgan fingerprint density at radius 3 is 3.08 bits per heavy atom. The number of aliphatic hydroxyl groups is 1. The molecule has 1 aromatic heterocycles. The molecule has 0 bridgehead atoms. The van der Waals surface area contributed by atoms with Gasteiger partial charge in [-0.1, -0.05) is 12.5 Å². The van der Waals surface area contributed by atoms with Gasteiger partial charge in [0.1, 0.15) is 6.10 Å². The molecule has 2 nitrogen and oxygen atoms in total. The van der Waals surface area contributed by atoms with Crippen LogP contribution in [0.1, 0.15) is 30.2 Å². The van der Waals surface area contributed by atoms with Crippen LogP contribution in [0.5, 0.6) is 0 Å². The summed E-state index contributed by atoms with van der Waals surface area (Å²) in [6, 6.07) is 4.27. The van der Waals surface area contributed by atoms with Crippen LogP contribution in [0.25, 0.3) is 0 Å². The zero-order valence-electron chi connectivity index (χ0n) is 7.57. The Morgan fingerprint density at radius 1 is 1.54 bits per heavy atom.